The number of hydrogen-bond donors (Lipinski definition) is 1. The molecule has 1 aromatic carbocycles. The minimum Gasteiger partial charge on any atom is -0.349 e. The van der Waals surface area contributed by atoms with E-state index in [0.717, 1.165) is 15.4 Å². The topological polar surface area (TPSA) is 29.1 Å². The van der Waals surface area contributed by atoms with E-state index in [1.807, 2.05) is 12.1 Å². The van der Waals surface area contributed by atoms with Crippen LogP contribution < -0.4 is 5.32 Å². The van der Waals surface area contributed by atoms with Gasteiger partial charge in [0.25, 0.3) is 5.91 Å². The maximum Gasteiger partial charge on any atom is 0.252 e. The number of nitrogens with one attached hydrogen (secondary N) is 1. The fraction of sp³-hybridized carbons (Fsp3) is 0.462. The Hall–Kier alpha value is -0.0600. The van der Waals surface area contributed by atoms with Gasteiger partial charge >= 0.3 is 0 Å². The quantitative estimate of drug-likeness (QED) is 0.723. The van der Waals surface area contributed by atoms with Crippen molar-refractivity contribution >= 4 is 49.4 Å². The summed E-state index contributed by atoms with van der Waals surface area (Å²) in [4.78, 5) is 12.2. The average molecular weight is 398 g/mol. The highest BCUT2D eigenvalue weighted by Crippen LogP contribution is 2.22. The fourth-order valence-corrected chi connectivity index (χ4v) is 3.07. The highest BCUT2D eigenvalue weighted by Gasteiger charge is 2.18. The summed E-state index contributed by atoms with van der Waals surface area (Å²) in [6.07, 6.45) is 0.777. The van der Waals surface area contributed by atoms with Gasteiger partial charge in [-0.3, -0.25) is 4.79 Å². The van der Waals surface area contributed by atoms with Crippen molar-refractivity contribution in [1.82, 2.24) is 5.32 Å². The van der Waals surface area contributed by atoms with Crippen molar-refractivity contribution in [3.05, 3.63) is 32.7 Å². The van der Waals surface area contributed by atoms with Crippen LogP contribution in [0.4, 0.5) is 0 Å². The van der Waals surface area contributed by atoms with Crippen LogP contribution in [-0.2, 0) is 0 Å². The first-order chi connectivity index (χ1) is 8.45. The molecule has 0 bridgehead atoms. The normalized spacial score (nSPS) is 12.6. The predicted octanol–water partition coefficient (Wildman–Crippen LogP) is 4.59. The third-order valence-electron chi connectivity index (χ3n) is 2.72. The van der Waals surface area contributed by atoms with Crippen LogP contribution in [0.15, 0.2) is 27.1 Å². The van der Waals surface area contributed by atoms with Gasteiger partial charge in [-0.2, -0.15) is 0 Å². The van der Waals surface area contributed by atoms with Gasteiger partial charge in [0, 0.05) is 20.9 Å². The summed E-state index contributed by atoms with van der Waals surface area (Å²) in [5.74, 6) is 0.838. The molecule has 100 valence electrons. The Morgan fingerprint density at radius 2 is 2.06 bits per heavy atom. The number of hydrogen-bond acceptors (Lipinski definition) is 1. The predicted molar refractivity (Wildman–Crippen MR) is 83.3 cm³/mol. The first-order valence-electron chi connectivity index (χ1n) is 5.77. The average Bonchev–Trinajstić information content (AvgIpc) is 2.27. The molecule has 0 radical (unpaired) electrons. The van der Waals surface area contributed by atoms with Gasteiger partial charge in [-0.15, -0.1) is 11.6 Å². The van der Waals surface area contributed by atoms with Crippen molar-refractivity contribution in [1.29, 1.82) is 0 Å². The van der Waals surface area contributed by atoms with E-state index in [9.17, 15) is 4.79 Å². The zero-order valence-corrected chi connectivity index (χ0v) is 14.3. The molecule has 1 aromatic rings. The van der Waals surface area contributed by atoms with E-state index in [1.165, 1.54) is 0 Å². The van der Waals surface area contributed by atoms with Crippen LogP contribution >= 0.6 is 43.5 Å². The summed E-state index contributed by atoms with van der Waals surface area (Å²) >= 11 is 12.5. The SMILES string of the molecule is CC(C)C(CCCl)NC(=O)c1ccc(Br)cc1Br. The number of carbonyl (C=O) groups is 1. The molecule has 1 rings (SSSR count). The van der Waals surface area contributed by atoms with Gasteiger partial charge in [-0.25, -0.2) is 0 Å². The van der Waals surface area contributed by atoms with Crippen LogP contribution in [0, 0.1) is 5.92 Å². The minimum atomic E-state index is -0.0711. The summed E-state index contributed by atoms with van der Waals surface area (Å²) in [5, 5.41) is 3.03. The lowest BCUT2D eigenvalue weighted by Crippen LogP contribution is -2.39. The van der Waals surface area contributed by atoms with E-state index in [4.69, 9.17) is 11.6 Å². The van der Waals surface area contributed by atoms with Crippen molar-refractivity contribution in [3.8, 4) is 0 Å². The highest BCUT2D eigenvalue weighted by molar-refractivity contribution is 9.11. The molecule has 5 heteroatoms. The Morgan fingerprint density at radius 3 is 2.56 bits per heavy atom. The Balaban J connectivity index is 2.80. The molecule has 0 aromatic heterocycles. The van der Waals surface area contributed by atoms with Gasteiger partial charge < -0.3 is 5.32 Å². The van der Waals surface area contributed by atoms with Crippen molar-refractivity contribution in [2.45, 2.75) is 26.3 Å². The van der Waals surface area contributed by atoms with Crippen molar-refractivity contribution < 1.29 is 4.79 Å². The van der Waals surface area contributed by atoms with E-state index in [1.54, 1.807) is 6.07 Å². The van der Waals surface area contributed by atoms with Crippen LogP contribution in [0.3, 0.4) is 0 Å². The third kappa shape index (κ3) is 4.56. The molecule has 0 spiro atoms. The molecule has 1 amide bonds. The summed E-state index contributed by atoms with van der Waals surface area (Å²) < 4.78 is 1.72. The summed E-state index contributed by atoms with van der Waals surface area (Å²) in [7, 11) is 0. The molecule has 0 aliphatic heterocycles. The van der Waals surface area contributed by atoms with Gasteiger partial charge in [0.15, 0.2) is 0 Å². The number of alkyl halides is 1. The largest absolute Gasteiger partial charge is 0.349 e. The van der Waals surface area contributed by atoms with Crippen LogP contribution in [-0.4, -0.2) is 17.8 Å². The lowest BCUT2D eigenvalue weighted by atomic mass is 10.0. The molecule has 0 saturated heterocycles. The molecule has 2 nitrogen and oxygen atoms in total. The van der Waals surface area contributed by atoms with Gasteiger partial charge in [0.2, 0.25) is 0 Å². The maximum atomic E-state index is 12.2. The molecule has 0 fully saturated rings. The lowest BCUT2D eigenvalue weighted by Gasteiger charge is -2.21. The van der Waals surface area contributed by atoms with Crippen LogP contribution in [0.2, 0.25) is 0 Å². The number of carbonyl (C=O) groups excluding carboxylic acids is 1. The molecular formula is C13H16Br2ClNO. The zero-order chi connectivity index (χ0) is 13.7. The van der Waals surface area contributed by atoms with E-state index < -0.39 is 0 Å². The first kappa shape index (κ1) is 16.0. The van der Waals surface area contributed by atoms with E-state index in [0.29, 0.717) is 17.4 Å². The Morgan fingerprint density at radius 1 is 1.39 bits per heavy atom. The fourth-order valence-electron chi connectivity index (χ4n) is 1.61. The summed E-state index contributed by atoms with van der Waals surface area (Å²) in [5.41, 5.74) is 0.637. The molecule has 1 N–H and O–H groups in total. The summed E-state index contributed by atoms with van der Waals surface area (Å²) in [6.45, 7) is 4.16. The molecule has 1 unspecified atom stereocenters. The minimum absolute atomic E-state index is 0.0711. The van der Waals surface area contributed by atoms with Crippen molar-refractivity contribution in [3.63, 3.8) is 0 Å². The van der Waals surface area contributed by atoms with Crippen molar-refractivity contribution in [2.75, 3.05) is 5.88 Å². The number of rotatable bonds is 5. The molecular weight excluding hydrogens is 381 g/mol. The van der Waals surface area contributed by atoms with E-state index in [2.05, 4.69) is 51.0 Å². The molecule has 0 aliphatic carbocycles. The highest BCUT2D eigenvalue weighted by atomic mass is 79.9. The van der Waals surface area contributed by atoms with E-state index >= 15 is 0 Å². The van der Waals surface area contributed by atoms with Crippen LogP contribution in [0.25, 0.3) is 0 Å². The van der Waals surface area contributed by atoms with Gasteiger partial charge in [-0.05, 0) is 46.5 Å². The van der Waals surface area contributed by atoms with Crippen molar-refractivity contribution in [2.24, 2.45) is 5.92 Å². The zero-order valence-electron chi connectivity index (χ0n) is 10.3. The van der Waals surface area contributed by atoms with Gasteiger partial charge in [0.1, 0.15) is 0 Å². The number of benzene rings is 1. The second-order valence-electron chi connectivity index (χ2n) is 4.43. The standard InChI is InChI=1S/C13H16Br2ClNO/c1-8(2)12(5-6-16)17-13(18)10-4-3-9(14)7-11(10)15/h3-4,7-8,12H,5-6H2,1-2H3,(H,17,18). The van der Waals surface area contributed by atoms with E-state index in [-0.39, 0.29) is 11.9 Å². The van der Waals surface area contributed by atoms with Gasteiger partial charge in [0.05, 0.1) is 5.56 Å². The molecule has 1 atom stereocenters. The molecule has 0 heterocycles. The Labute approximate surface area is 130 Å². The maximum absolute atomic E-state index is 12.2. The smallest absolute Gasteiger partial charge is 0.252 e. The Bertz CT molecular complexity index is 423. The molecule has 18 heavy (non-hydrogen) atoms. The Kier molecular flexibility index (Phi) is 6.67. The second-order valence-corrected chi connectivity index (χ2v) is 6.57. The molecule has 0 aliphatic rings. The second kappa shape index (κ2) is 7.51. The van der Waals surface area contributed by atoms with Crippen LogP contribution in [0.1, 0.15) is 30.6 Å². The monoisotopic (exact) mass is 395 g/mol. The third-order valence-corrected chi connectivity index (χ3v) is 4.08. The number of amides is 1. The van der Waals surface area contributed by atoms with Crippen LogP contribution in [0.5, 0.6) is 0 Å². The first-order valence-corrected chi connectivity index (χ1v) is 7.89. The lowest BCUT2D eigenvalue weighted by molar-refractivity contribution is 0.0924. The van der Waals surface area contributed by atoms with Gasteiger partial charge in [-0.1, -0.05) is 29.8 Å². The summed E-state index contributed by atoms with van der Waals surface area (Å²) in [6, 6.07) is 5.61. The number of halogens is 3. The molecule has 0 saturated carbocycles.